The van der Waals surface area contributed by atoms with E-state index in [9.17, 15) is 9.59 Å². The third-order valence-electron chi connectivity index (χ3n) is 5.72. The molecule has 25 heavy (non-hydrogen) atoms. The second-order valence-electron chi connectivity index (χ2n) is 7.03. The van der Waals surface area contributed by atoms with Crippen LogP contribution in [0.3, 0.4) is 0 Å². The maximum atomic E-state index is 13.1. The largest absolute Gasteiger partial charge is 0.356 e. The predicted molar refractivity (Wildman–Crippen MR) is 94.6 cm³/mol. The quantitative estimate of drug-likeness (QED) is 0.849. The van der Waals surface area contributed by atoms with Crippen molar-refractivity contribution >= 4 is 29.1 Å². The lowest BCUT2D eigenvalue weighted by molar-refractivity contribution is -0.140. The van der Waals surface area contributed by atoms with E-state index in [1.165, 1.54) is 0 Å². The average Bonchev–Trinajstić information content (AvgIpc) is 3.02. The molecule has 132 valence electrons. The predicted octanol–water partition coefficient (Wildman–Crippen LogP) is 2.51. The van der Waals surface area contributed by atoms with Crippen molar-refractivity contribution in [1.82, 2.24) is 19.6 Å². The van der Waals surface area contributed by atoms with Gasteiger partial charge in [0.15, 0.2) is 0 Å². The summed E-state index contributed by atoms with van der Waals surface area (Å²) in [6, 6.07) is 3.40. The zero-order valence-electron chi connectivity index (χ0n) is 14.2. The van der Waals surface area contributed by atoms with Crippen LogP contribution in [0.15, 0.2) is 24.5 Å². The van der Waals surface area contributed by atoms with Crippen LogP contribution in [0.4, 0.5) is 0 Å². The standard InChI is InChI=1S/C18H21ClN4O2/c1-12-18(6-2-8-20-17(18)25)7-3-9-23(12)16(24)14-11-22-10-13(19)4-5-15(22)21-14/h4-5,10-12H,2-3,6-9H2,1H3,(H,20,25)/t12-,18-/m0/s1. The summed E-state index contributed by atoms with van der Waals surface area (Å²) < 4.78 is 1.76. The Morgan fingerprint density at radius 3 is 2.92 bits per heavy atom. The first-order valence-electron chi connectivity index (χ1n) is 8.75. The Kier molecular flexibility index (Phi) is 3.95. The minimum atomic E-state index is -0.464. The van der Waals surface area contributed by atoms with E-state index >= 15 is 0 Å². The van der Waals surface area contributed by atoms with Gasteiger partial charge in [0.2, 0.25) is 5.91 Å². The van der Waals surface area contributed by atoms with Gasteiger partial charge < -0.3 is 14.6 Å². The molecule has 2 amide bonds. The van der Waals surface area contributed by atoms with Gasteiger partial charge in [-0.05, 0) is 44.7 Å². The normalized spacial score (nSPS) is 26.9. The Hall–Kier alpha value is -2.08. The molecule has 2 atom stereocenters. The zero-order valence-corrected chi connectivity index (χ0v) is 14.9. The fourth-order valence-electron chi connectivity index (χ4n) is 4.29. The van der Waals surface area contributed by atoms with E-state index in [1.807, 2.05) is 11.8 Å². The highest BCUT2D eigenvalue weighted by atomic mass is 35.5. The Bertz CT molecular complexity index is 845. The summed E-state index contributed by atoms with van der Waals surface area (Å²) in [5, 5.41) is 3.58. The summed E-state index contributed by atoms with van der Waals surface area (Å²) in [6.45, 7) is 3.38. The van der Waals surface area contributed by atoms with Gasteiger partial charge >= 0.3 is 0 Å². The lowest BCUT2D eigenvalue weighted by Gasteiger charge is -2.49. The molecule has 2 aromatic rings. The molecule has 2 aromatic heterocycles. The van der Waals surface area contributed by atoms with Gasteiger partial charge in [-0.3, -0.25) is 9.59 Å². The Balaban J connectivity index is 1.65. The Morgan fingerprint density at radius 1 is 1.32 bits per heavy atom. The molecule has 0 saturated carbocycles. The van der Waals surface area contributed by atoms with Crippen LogP contribution in [0.25, 0.3) is 5.65 Å². The minimum Gasteiger partial charge on any atom is -0.356 e. The number of fused-ring (bicyclic) bond motifs is 1. The van der Waals surface area contributed by atoms with Crippen molar-refractivity contribution < 1.29 is 9.59 Å². The fraction of sp³-hybridized carbons (Fsp3) is 0.500. The number of amides is 2. The summed E-state index contributed by atoms with van der Waals surface area (Å²) >= 11 is 6.00. The molecule has 2 fully saturated rings. The van der Waals surface area contributed by atoms with Crippen LogP contribution in [0, 0.1) is 5.41 Å². The molecular formula is C18H21ClN4O2. The van der Waals surface area contributed by atoms with E-state index in [0.717, 1.165) is 32.2 Å². The first-order chi connectivity index (χ1) is 12.0. The van der Waals surface area contributed by atoms with Crippen LogP contribution >= 0.6 is 11.6 Å². The molecule has 0 unspecified atom stereocenters. The van der Waals surface area contributed by atoms with Crippen molar-refractivity contribution in [3.63, 3.8) is 0 Å². The van der Waals surface area contributed by atoms with Gasteiger partial charge in [-0.1, -0.05) is 11.6 Å². The zero-order chi connectivity index (χ0) is 17.6. The average molecular weight is 361 g/mol. The monoisotopic (exact) mass is 360 g/mol. The van der Waals surface area contributed by atoms with Crippen LogP contribution < -0.4 is 5.32 Å². The topological polar surface area (TPSA) is 66.7 Å². The number of hydrogen-bond donors (Lipinski definition) is 1. The molecule has 0 aliphatic carbocycles. The highest BCUT2D eigenvalue weighted by Crippen LogP contribution is 2.42. The molecule has 4 heterocycles. The number of piperidine rings is 2. The Morgan fingerprint density at radius 2 is 2.12 bits per heavy atom. The number of pyridine rings is 1. The van der Waals surface area contributed by atoms with E-state index in [4.69, 9.17) is 11.6 Å². The number of nitrogens with one attached hydrogen (secondary N) is 1. The van der Waals surface area contributed by atoms with Gasteiger partial charge in [-0.15, -0.1) is 0 Å². The number of hydrogen-bond acceptors (Lipinski definition) is 3. The maximum Gasteiger partial charge on any atom is 0.274 e. The van der Waals surface area contributed by atoms with Gasteiger partial charge in [-0.2, -0.15) is 0 Å². The molecule has 7 heteroatoms. The molecule has 4 rings (SSSR count). The molecule has 2 saturated heterocycles. The second kappa shape index (κ2) is 6.02. The number of nitrogens with zero attached hydrogens (tertiary/aromatic N) is 3. The molecular weight excluding hydrogens is 340 g/mol. The minimum absolute atomic E-state index is 0.0885. The van der Waals surface area contributed by atoms with Crippen molar-refractivity contribution in [3.8, 4) is 0 Å². The smallest absolute Gasteiger partial charge is 0.274 e. The number of halogens is 1. The summed E-state index contributed by atoms with van der Waals surface area (Å²) in [5.41, 5.74) is 0.610. The second-order valence-corrected chi connectivity index (χ2v) is 7.47. The molecule has 1 N–H and O–H groups in total. The highest BCUT2D eigenvalue weighted by Gasteiger charge is 2.50. The van der Waals surface area contributed by atoms with Crippen molar-refractivity contribution in [2.45, 2.75) is 38.6 Å². The number of aromatic nitrogens is 2. The van der Waals surface area contributed by atoms with Crippen molar-refractivity contribution in [1.29, 1.82) is 0 Å². The summed E-state index contributed by atoms with van der Waals surface area (Å²) in [7, 11) is 0. The van der Waals surface area contributed by atoms with Crippen molar-refractivity contribution in [2.24, 2.45) is 5.41 Å². The summed E-state index contributed by atoms with van der Waals surface area (Å²) in [4.78, 5) is 31.9. The molecule has 0 bridgehead atoms. The SMILES string of the molecule is C[C@@H]1N(C(=O)c2cn3cc(Cl)ccc3n2)CCC[C@@]12CCCNC2=O. The van der Waals surface area contributed by atoms with E-state index < -0.39 is 5.41 Å². The summed E-state index contributed by atoms with van der Waals surface area (Å²) in [5.74, 6) is -0.0321. The van der Waals surface area contributed by atoms with E-state index in [-0.39, 0.29) is 17.9 Å². The maximum absolute atomic E-state index is 13.1. The number of carbonyl (C=O) groups excluding carboxylic acids is 2. The fourth-order valence-corrected chi connectivity index (χ4v) is 4.46. The van der Waals surface area contributed by atoms with Crippen LogP contribution in [0.5, 0.6) is 0 Å². The van der Waals surface area contributed by atoms with E-state index in [0.29, 0.717) is 22.9 Å². The van der Waals surface area contributed by atoms with Crippen LogP contribution in [0.1, 0.15) is 43.1 Å². The molecule has 2 aliphatic rings. The van der Waals surface area contributed by atoms with Gasteiger partial charge in [0.1, 0.15) is 11.3 Å². The lowest BCUT2D eigenvalue weighted by Crippen LogP contribution is -2.61. The third kappa shape index (κ3) is 2.59. The third-order valence-corrected chi connectivity index (χ3v) is 5.95. The number of likely N-dealkylation sites (tertiary alicyclic amines) is 1. The number of rotatable bonds is 1. The first kappa shape index (κ1) is 16.4. The molecule has 0 aromatic carbocycles. The van der Waals surface area contributed by atoms with Crippen LogP contribution in [-0.2, 0) is 4.79 Å². The molecule has 0 radical (unpaired) electrons. The van der Waals surface area contributed by atoms with Gasteiger partial charge in [0.05, 0.1) is 10.4 Å². The highest BCUT2D eigenvalue weighted by molar-refractivity contribution is 6.30. The van der Waals surface area contributed by atoms with Gasteiger partial charge in [0.25, 0.3) is 5.91 Å². The van der Waals surface area contributed by atoms with Crippen LogP contribution in [-0.4, -0.2) is 45.2 Å². The first-order valence-corrected chi connectivity index (χ1v) is 9.13. The van der Waals surface area contributed by atoms with Crippen LogP contribution in [0.2, 0.25) is 5.02 Å². The van der Waals surface area contributed by atoms with Gasteiger partial charge in [0, 0.05) is 31.5 Å². The van der Waals surface area contributed by atoms with Gasteiger partial charge in [-0.25, -0.2) is 4.98 Å². The van der Waals surface area contributed by atoms with Crippen molar-refractivity contribution in [2.75, 3.05) is 13.1 Å². The molecule has 1 spiro atoms. The molecule has 6 nitrogen and oxygen atoms in total. The summed E-state index contributed by atoms with van der Waals surface area (Å²) in [6.07, 6.45) is 6.91. The van der Waals surface area contributed by atoms with E-state index in [2.05, 4.69) is 10.3 Å². The molecule has 2 aliphatic heterocycles. The number of imidazole rings is 1. The van der Waals surface area contributed by atoms with Crippen molar-refractivity contribution in [3.05, 3.63) is 35.2 Å². The number of carbonyl (C=O) groups is 2. The Labute approximate surface area is 151 Å². The van der Waals surface area contributed by atoms with E-state index in [1.54, 1.807) is 28.9 Å². The lowest BCUT2D eigenvalue weighted by atomic mass is 9.68.